The summed E-state index contributed by atoms with van der Waals surface area (Å²) in [6.45, 7) is 5.95. The van der Waals surface area contributed by atoms with Gasteiger partial charge in [-0.3, -0.25) is 10.1 Å². The normalized spacial score (nSPS) is 10.9. The first-order valence-corrected chi connectivity index (χ1v) is 10.1. The third-order valence-electron chi connectivity index (χ3n) is 4.71. The van der Waals surface area contributed by atoms with Gasteiger partial charge in [0, 0.05) is 17.1 Å². The number of carbonyl (C=O) groups excluding carboxylic acids is 1. The predicted octanol–water partition coefficient (Wildman–Crippen LogP) is 4.22. The van der Waals surface area contributed by atoms with Crippen LogP contribution in [0.3, 0.4) is 0 Å². The Morgan fingerprint density at radius 2 is 1.97 bits per heavy atom. The van der Waals surface area contributed by atoms with Gasteiger partial charge in [0.2, 0.25) is 5.13 Å². The van der Waals surface area contributed by atoms with Crippen molar-refractivity contribution in [3.8, 4) is 17.2 Å². The second-order valence-electron chi connectivity index (χ2n) is 6.65. The number of aromatic nitrogens is 5. The van der Waals surface area contributed by atoms with Crippen molar-refractivity contribution in [3.63, 3.8) is 0 Å². The number of benzene rings is 2. The Balaban J connectivity index is 1.58. The monoisotopic (exact) mass is 404 g/mol. The van der Waals surface area contributed by atoms with Crippen LogP contribution in [0, 0.1) is 13.8 Å². The lowest BCUT2D eigenvalue weighted by Gasteiger charge is -2.05. The summed E-state index contributed by atoms with van der Waals surface area (Å²) in [7, 11) is 0. The van der Waals surface area contributed by atoms with Crippen LogP contribution in [0.2, 0.25) is 0 Å². The number of anilines is 1. The molecule has 0 aliphatic heterocycles. The zero-order valence-electron chi connectivity index (χ0n) is 16.4. The summed E-state index contributed by atoms with van der Waals surface area (Å²) in [6.07, 6.45) is 0.950. The lowest BCUT2D eigenvalue weighted by molar-refractivity contribution is 0.102. The maximum absolute atomic E-state index is 12.5. The van der Waals surface area contributed by atoms with E-state index < -0.39 is 0 Å². The minimum atomic E-state index is -0.206. The summed E-state index contributed by atoms with van der Waals surface area (Å²) in [5.74, 6) is 0.244. The van der Waals surface area contributed by atoms with Crippen LogP contribution in [-0.2, 0) is 6.42 Å². The van der Waals surface area contributed by atoms with E-state index in [1.54, 1.807) is 10.7 Å². The molecule has 2 heterocycles. The summed E-state index contributed by atoms with van der Waals surface area (Å²) >= 11 is 1.12. The molecule has 146 valence electrons. The van der Waals surface area contributed by atoms with Crippen molar-refractivity contribution in [2.45, 2.75) is 27.2 Å². The molecule has 29 heavy (non-hydrogen) atoms. The molecule has 1 amide bonds. The molecular formula is C21H20N6OS. The summed E-state index contributed by atoms with van der Waals surface area (Å²) in [6, 6.07) is 15.6. The Labute approximate surface area is 172 Å². The van der Waals surface area contributed by atoms with E-state index in [0.717, 1.165) is 34.9 Å². The van der Waals surface area contributed by atoms with Crippen LogP contribution in [0.25, 0.3) is 17.2 Å². The van der Waals surface area contributed by atoms with E-state index in [1.807, 2.05) is 44.2 Å². The van der Waals surface area contributed by atoms with E-state index in [2.05, 4.69) is 44.0 Å². The molecule has 0 atom stereocenters. The van der Waals surface area contributed by atoms with Gasteiger partial charge >= 0.3 is 0 Å². The molecule has 4 rings (SSSR count). The topological polar surface area (TPSA) is 85.6 Å². The van der Waals surface area contributed by atoms with Crippen LogP contribution < -0.4 is 5.32 Å². The van der Waals surface area contributed by atoms with Crippen LogP contribution >= 0.6 is 11.5 Å². The van der Waals surface area contributed by atoms with Gasteiger partial charge in [0.05, 0.1) is 11.4 Å². The Morgan fingerprint density at radius 1 is 1.14 bits per heavy atom. The number of aryl methyl sites for hydroxylation is 2. The van der Waals surface area contributed by atoms with E-state index in [4.69, 9.17) is 0 Å². The largest absolute Gasteiger partial charge is 0.297 e. The maximum Gasteiger partial charge on any atom is 0.257 e. The van der Waals surface area contributed by atoms with Crippen molar-refractivity contribution < 1.29 is 4.79 Å². The lowest BCUT2D eigenvalue weighted by Crippen LogP contribution is -2.13. The van der Waals surface area contributed by atoms with E-state index in [1.165, 1.54) is 5.56 Å². The van der Waals surface area contributed by atoms with Gasteiger partial charge in [-0.25, -0.2) is 4.68 Å². The molecule has 2 aromatic carbocycles. The van der Waals surface area contributed by atoms with Gasteiger partial charge in [-0.15, -0.1) is 5.10 Å². The van der Waals surface area contributed by atoms with Gasteiger partial charge in [-0.2, -0.15) is 9.36 Å². The van der Waals surface area contributed by atoms with Gasteiger partial charge in [-0.1, -0.05) is 42.5 Å². The van der Waals surface area contributed by atoms with Crippen LogP contribution in [0.5, 0.6) is 0 Å². The predicted molar refractivity (Wildman–Crippen MR) is 114 cm³/mol. The minimum absolute atomic E-state index is 0.206. The standard InChI is InChI=1S/C21H20N6OS/c1-4-15-9-7-10-16(12-15)27-14(3)18(24-26-27)19-22-21(29-25-19)23-20(28)17-11-6-5-8-13(17)2/h5-12H,4H2,1-3H3,(H,22,23,25,28). The Bertz CT molecular complexity index is 1180. The minimum Gasteiger partial charge on any atom is -0.297 e. The molecule has 1 N–H and O–H groups in total. The van der Waals surface area contributed by atoms with E-state index in [9.17, 15) is 4.79 Å². The third kappa shape index (κ3) is 3.79. The van der Waals surface area contributed by atoms with Crippen LogP contribution in [-0.4, -0.2) is 30.3 Å². The highest BCUT2D eigenvalue weighted by Gasteiger charge is 2.18. The first-order valence-electron chi connectivity index (χ1n) is 9.29. The number of carbonyl (C=O) groups is 1. The number of rotatable bonds is 5. The quantitative estimate of drug-likeness (QED) is 0.538. The molecule has 0 saturated heterocycles. The lowest BCUT2D eigenvalue weighted by atomic mass is 10.1. The van der Waals surface area contributed by atoms with Crippen molar-refractivity contribution in [1.82, 2.24) is 24.4 Å². The molecule has 0 unspecified atom stereocenters. The molecule has 0 saturated carbocycles. The molecule has 0 fully saturated rings. The second-order valence-corrected chi connectivity index (χ2v) is 7.40. The van der Waals surface area contributed by atoms with Crippen molar-refractivity contribution in [1.29, 1.82) is 0 Å². The summed E-state index contributed by atoms with van der Waals surface area (Å²) in [4.78, 5) is 16.9. The number of nitrogens with one attached hydrogen (secondary N) is 1. The summed E-state index contributed by atoms with van der Waals surface area (Å²) in [5, 5.41) is 11.8. The van der Waals surface area contributed by atoms with Crippen molar-refractivity contribution in [2.24, 2.45) is 0 Å². The van der Waals surface area contributed by atoms with Crippen molar-refractivity contribution in [2.75, 3.05) is 5.32 Å². The number of hydrogen-bond acceptors (Lipinski definition) is 6. The fourth-order valence-corrected chi connectivity index (χ4v) is 3.62. The maximum atomic E-state index is 12.5. The average Bonchev–Trinajstić information content (AvgIpc) is 3.34. The van der Waals surface area contributed by atoms with E-state index in [0.29, 0.717) is 22.2 Å². The van der Waals surface area contributed by atoms with Gasteiger partial charge in [0.25, 0.3) is 5.91 Å². The number of nitrogens with zero attached hydrogens (tertiary/aromatic N) is 5. The highest BCUT2D eigenvalue weighted by molar-refractivity contribution is 7.10. The Morgan fingerprint density at radius 3 is 2.76 bits per heavy atom. The van der Waals surface area contributed by atoms with Gasteiger partial charge in [0.1, 0.15) is 0 Å². The summed E-state index contributed by atoms with van der Waals surface area (Å²) < 4.78 is 6.14. The second kappa shape index (κ2) is 7.92. The molecule has 0 aliphatic rings. The molecule has 2 aromatic heterocycles. The summed E-state index contributed by atoms with van der Waals surface area (Å²) in [5.41, 5.74) is 5.13. The Hall–Kier alpha value is -3.39. The molecule has 4 aromatic rings. The van der Waals surface area contributed by atoms with E-state index in [-0.39, 0.29) is 5.91 Å². The van der Waals surface area contributed by atoms with Crippen LogP contribution in [0.4, 0.5) is 5.13 Å². The molecular weight excluding hydrogens is 384 g/mol. The smallest absolute Gasteiger partial charge is 0.257 e. The van der Waals surface area contributed by atoms with Gasteiger partial charge in [0.15, 0.2) is 11.5 Å². The molecule has 7 nitrogen and oxygen atoms in total. The number of hydrogen-bond donors (Lipinski definition) is 1. The Kier molecular flexibility index (Phi) is 5.18. The first kappa shape index (κ1) is 18.9. The van der Waals surface area contributed by atoms with Gasteiger partial charge in [-0.05, 0) is 49.6 Å². The zero-order chi connectivity index (χ0) is 20.4. The molecule has 0 spiro atoms. The fourth-order valence-electron chi connectivity index (χ4n) is 3.05. The molecule has 0 radical (unpaired) electrons. The average molecular weight is 404 g/mol. The highest BCUT2D eigenvalue weighted by atomic mass is 32.1. The van der Waals surface area contributed by atoms with E-state index >= 15 is 0 Å². The van der Waals surface area contributed by atoms with Crippen LogP contribution in [0.15, 0.2) is 48.5 Å². The fraction of sp³-hybridized carbons (Fsp3) is 0.190. The van der Waals surface area contributed by atoms with Crippen molar-refractivity contribution in [3.05, 3.63) is 70.9 Å². The van der Waals surface area contributed by atoms with Crippen molar-refractivity contribution >= 4 is 22.6 Å². The molecule has 8 heteroatoms. The van der Waals surface area contributed by atoms with Gasteiger partial charge < -0.3 is 0 Å². The highest BCUT2D eigenvalue weighted by Crippen LogP contribution is 2.24. The third-order valence-corrected chi connectivity index (χ3v) is 5.34. The number of amides is 1. The molecule has 0 aliphatic carbocycles. The SMILES string of the molecule is CCc1cccc(-n2nnc(-c3nsc(NC(=O)c4ccccc4C)n3)c2C)c1. The first-order chi connectivity index (χ1) is 14.1. The zero-order valence-corrected chi connectivity index (χ0v) is 17.2. The van der Waals surface area contributed by atoms with Crippen LogP contribution in [0.1, 0.15) is 34.1 Å². The molecule has 0 bridgehead atoms.